The molecule has 4 rings (SSSR count). The number of nitrogens with zero attached hydrogens (tertiary/aromatic N) is 2. The maximum absolute atomic E-state index is 14.3. The second-order valence-corrected chi connectivity index (χ2v) is 17.0. The van der Waals surface area contributed by atoms with Crippen LogP contribution in [-0.4, -0.2) is 97.3 Å². The van der Waals surface area contributed by atoms with E-state index in [0.29, 0.717) is 34.4 Å². The normalized spacial score (nSPS) is 19.3. The fraction of sp³-hybridized carbons (Fsp3) is 0.606. The van der Waals surface area contributed by atoms with E-state index in [1.807, 2.05) is 0 Å². The summed E-state index contributed by atoms with van der Waals surface area (Å²) in [4.78, 5) is 59.5. The summed E-state index contributed by atoms with van der Waals surface area (Å²) in [6.07, 6.45) is -4.22. The molecule has 2 heterocycles. The number of amides is 4. The molecule has 4 amide bonds. The number of rotatable bonds is 12. The summed E-state index contributed by atoms with van der Waals surface area (Å²) >= 11 is 6.26. The molecule has 282 valence electrons. The van der Waals surface area contributed by atoms with Gasteiger partial charge in [-0.1, -0.05) is 32.4 Å². The van der Waals surface area contributed by atoms with E-state index in [4.69, 9.17) is 25.8 Å². The zero-order valence-electron chi connectivity index (χ0n) is 29.4. The van der Waals surface area contributed by atoms with Crippen molar-refractivity contribution in [3.05, 3.63) is 29.4 Å². The van der Waals surface area contributed by atoms with Gasteiger partial charge in [0.2, 0.25) is 34.1 Å². The van der Waals surface area contributed by atoms with Crippen molar-refractivity contribution in [1.29, 1.82) is 0 Å². The van der Waals surface area contributed by atoms with Crippen molar-refractivity contribution in [3.8, 4) is 11.6 Å². The number of hydrogen-bond donors (Lipinski definition) is 3. The highest BCUT2D eigenvalue weighted by Gasteiger charge is 2.47. The van der Waals surface area contributed by atoms with Gasteiger partial charge in [-0.15, -0.1) is 0 Å². The Labute approximate surface area is 300 Å². The summed E-state index contributed by atoms with van der Waals surface area (Å²) in [5.74, 6) is -2.53. The van der Waals surface area contributed by atoms with Crippen LogP contribution in [0.2, 0.25) is 5.02 Å². The first kappa shape index (κ1) is 39.8. The van der Waals surface area contributed by atoms with Gasteiger partial charge in [-0.25, -0.2) is 27.0 Å². The summed E-state index contributed by atoms with van der Waals surface area (Å²) in [6.45, 7) is 9.78. The summed E-state index contributed by atoms with van der Waals surface area (Å²) in [7, 11) is -2.66. The monoisotopic (exact) mass is 759 g/mol. The Hall–Kier alpha value is -3.99. The van der Waals surface area contributed by atoms with Crippen LogP contribution in [-0.2, 0) is 29.1 Å². The molecule has 3 N–H and O–H groups in total. The number of pyridine rings is 1. The van der Waals surface area contributed by atoms with Gasteiger partial charge in [0.1, 0.15) is 35.6 Å². The van der Waals surface area contributed by atoms with Crippen molar-refractivity contribution < 1.29 is 50.6 Å². The summed E-state index contributed by atoms with van der Waals surface area (Å²) < 4.78 is 70.9. The third-order valence-corrected chi connectivity index (χ3v) is 10.2. The standard InChI is InChI=1S/C33H44ClF2N5O9S/c1-32(2,3)26(39-31(45)50-33(4,5)6)30(44)41-16-18(49-29-21-12-17(34)8-11-20(21)24(48-7)15-37-29)13-23(41)28(43)38-22(14-25(35)36)27(42)40-51(46,47)19-9-10-19/h8,11-12,15,18-19,22-23,25-26H,9-10,13-14,16H2,1-7H3,(H,38,43)(H,39,45)(H,40,42)/t18-,22-,23+,26-/m1/s1. The molecule has 0 radical (unpaired) electrons. The van der Waals surface area contributed by atoms with E-state index in [2.05, 4.69) is 15.6 Å². The molecular weight excluding hydrogens is 716 g/mol. The first-order valence-electron chi connectivity index (χ1n) is 16.3. The molecule has 1 aromatic carbocycles. The third kappa shape index (κ3) is 10.3. The second-order valence-electron chi connectivity index (χ2n) is 14.6. The molecular formula is C33H44ClF2N5O9S. The lowest BCUT2D eigenvalue weighted by molar-refractivity contribution is -0.142. The number of fused-ring (bicyclic) bond motifs is 1. The van der Waals surface area contributed by atoms with Crippen LogP contribution in [0.4, 0.5) is 13.6 Å². The number of alkyl halides is 2. The summed E-state index contributed by atoms with van der Waals surface area (Å²) in [5, 5.41) is 5.46. The number of carbonyl (C=O) groups is 4. The summed E-state index contributed by atoms with van der Waals surface area (Å²) in [5.41, 5.74) is -1.82. The van der Waals surface area contributed by atoms with E-state index in [1.165, 1.54) is 13.3 Å². The van der Waals surface area contributed by atoms with Crippen molar-refractivity contribution in [3.63, 3.8) is 0 Å². The first-order chi connectivity index (χ1) is 23.6. The van der Waals surface area contributed by atoms with Crippen molar-refractivity contribution in [1.82, 2.24) is 25.2 Å². The number of ether oxygens (including phenoxy) is 3. The molecule has 14 nitrogen and oxygen atoms in total. The molecule has 1 saturated carbocycles. The lowest BCUT2D eigenvalue weighted by atomic mass is 9.85. The molecule has 1 aliphatic carbocycles. The SMILES string of the molecule is COc1cnc(O[C@@H]2C[C@@H](C(=O)N[C@H](CC(F)F)C(=O)NS(=O)(=O)C3CC3)N(C(=O)[C@@H](NC(=O)OC(C)(C)C)C(C)(C)C)C2)c2cc(Cl)ccc12. The highest BCUT2D eigenvalue weighted by atomic mass is 35.5. The molecule has 51 heavy (non-hydrogen) atoms. The third-order valence-electron chi connectivity index (χ3n) is 8.15. The smallest absolute Gasteiger partial charge is 0.408 e. The van der Waals surface area contributed by atoms with Crippen LogP contribution in [0, 0.1) is 5.41 Å². The predicted octanol–water partition coefficient (Wildman–Crippen LogP) is 3.93. The van der Waals surface area contributed by atoms with Gasteiger partial charge in [-0.3, -0.25) is 19.1 Å². The zero-order valence-corrected chi connectivity index (χ0v) is 31.0. The van der Waals surface area contributed by atoms with Crippen molar-refractivity contribution in [2.45, 2.75) is 109 Å². The molecule has 2 aromatic rings. The van der Waals surface area contributed by atoms with Gasteiger partial charge in [0.05, 0.1) is 25.1 Å². The summed E-state index contributed by atoms with van der Waals surface area (Å²) in [6, 6.07) is 0.361. The Morgan fingerprint density at radius 3 is 2.29 bits per heavy atom. The Balaban J connectivity index is 1.67. The average Bonchev–Trinajstić information content (AvgIpc) is 3.78. The van der Waals surface area contributed by atoms with Gasteiger partial charge < -0.3 is 29.7 Å². The Morgan fingerprint density at radius 1 is 1.06 bits per heavy atom. The number of benzene rings is 1. The first-order valence-corrected chi connectivity index (χ1v) is 18.2. The molecule has 18 heteroatoms. The minimum Gasteiger partial charge on any atom is -0.494 e. The van der Waals surface area contributed by atoms with Gasteiger partial charge in [-0.05, 0) is 57.2 Å². The van der Waals surface area contributed by atoms with Gasteiger partial charge in [0, 0.05) is 28.6 Å². The zero-order chi connectivity index (χ0) is 38.1. The van der Waals surface area contributed by atoms with Crippen molar-refractivity contribution in [2.75, 3.05) is 13.7 Å². The largest absolute Gasteiger partial charge is 0.494 e. The lowest BCUT2D eigenvalue weighted by Gasteiger charge is -2.35. The minimum atomic E-state index is -4.13. The Morgan fingerprint density at radius 2 is 1.73 bits per heavy atom. The maximum Gasteiger partial charge on any atom is 0.408 e. The van der Waals surface area contributed by atoms with E-state index in [0.717, 1.165) is 4.90 Å². The van der Waals surface area contributed by atoms with Crippen LogP contribution in [0.25, 0.3) is 10.8 Å². The molecule has 2 aliphatic rings. The number of halogens is 3. The highest BCUT2D eigenvalue weighted by Crippen LogP contribution is 2.35. The molecule has 2 fully saturated rings. The fourth-order valence-electron chi connectivity index (χ4n) is 5.54. The molecule has 4 atom stereocenters. The van der Waals surface area contributed by atoms with E-state index < -0.39 is 87.2 Å². The number of sulfonamides is 1. The molecule has 1 aliphatic heterocycles. The van der Waals surface area contributed by atoms with Gasteiger partial charge in [0.25, 0.3) is 5.91 Å². The van der Waals surface area contributed by atoms with Crippen LogP contribution >= 0.6 is 11.6 Å². The number of aromatic nitrogens is 1. The van der Waals surface area contributed by atoms with Crippen LogP contribution in [0.15, 0.2) is 24.4 Å². The van der Waals surface area contributed by atoms with Gasteiger partial charge in [-0.2, -0.15) is 0 Å². The van der Waals surface area contributed by atoms with Crippen LogP contribution in [0.5, 0.6) is 11.6 Å². The average molecular weight is 760 g/mol. The molecule has 1 aromatic heterocycles. The quantitative estimate of drug-likeness (QED) is 0.287. The Kier molecular flexibility index (Phi) is 12.0. The van der Waals surface area contributed by atoms with Crippen molar-refractivity contribution >= 4 is 56.2 Å². The topological polar surface area (TPSA) is 182 Å². The maximum atomic E-state index is 14.3. The number of likely N-dealkylation sites (tertiary alicyclic amines) is 1. The molecule has 0 bridgehead atoms. The number of hydrogen-bond acceptors (Lipinski definition) is 10. The predicted molar refractivity (Wildman–Crippen MR) is 183 cm³/mol. The van der Waals surface area contributed by atoms with E-state index in [9.17, 15) is 36.4 Å². The number of nitrogens with one attached hydrogen (secondary N) is 3. The van der Waals surface area contributed by atoms with Crippen LogP contribution in [0.3, 0.4) is 0 Å². The molecule has 0 unspecified atom stereocenters. The van der Waals surface area contributed by atoms with Crippen LogP contribution in [0.1, 0.15) is 67.2 Å². The highest BCUT2D eigenvalue weighted by molar-refractivity contribution is 7.90. The molecule has 1 saturated heterocycles. The number of carbonyl (C=O) groups excluding carboxylic acids is 4. The van der Waals surface area contributed by atoms with Crippen LogP contribution < -0.4 is 24.8 Å². The minimum absolute atomic E-state index is 0.103. The van der Waals surface area contributed by atoms with Crippen molar-refractivity contribution in [2.24, 2.45) is 5.41 Å². The van der Waals surface area contributed by atoms with E-state index >= 15 is 0 Å². The van der Waals surface area contributed by atoms with E-state index in [1.54, 1.807) is 64.5 Å². The number of alkyl carbamates (subject to hydrolysis) is 1. The molecule has 0 spiro atoms. The second kappa shape index (κ2) is 15.3. The Bertz CT molecular complexity index is 1760. The van der Waals surface area contributed by atoms with Gasteiger partial charge in [0.15, 0.2) is 0 Å². The van der Waals surface area contributed by atoms with Gasteiger partial charge >= 0.3 is 6.09 Å². The lowest BCUT2D eigenvalue weighted by Crippen LogP contribution is -2.59. The van der Waals surface area contributed by atoms with E-state index in [-0.39, 0.29) is 18.8 Å². The number of methoxy groups -OCH3 is 1. The fourth-order valence-corrected chi connectivity index (χ4v) is 7.06.